The molecule has 0 fully saturated rings. The fraction of sp³-hybridized carbons (Fsp3) is 0.889. The van der Waals surface area contributed by atoms with Gasteiger partial charge in [-0.1, -0.05) is 20.8 Å². The predicted molar refractivity (Wildman–Crippen MR) is 45.3 cm³/mol. The van der Waals surface area contributed by atoms with Crippen LogP contribution >= 0.6 is 0 Å². The normalized spacial score (nSPS) is 16.5. The molecule has 1 N–H and O–H groups in total. The lowest BCUT2D eigenvalue weighted by Gasteiger charge is -2.13. The van der Waals surface area contributed by atoms with Gasteiger partial charge in [-0.25, -0.2) is 0 Å². The Morgan fingerprint density at radius 1 is 1.27 bits per heavy atom. The SMILES string of the molecule is CC(C)CC(C)C(=O)C(C)O. The van der Waals surface area contributed by atoms with Gasteiger partial charge in [-0.05, 0) is 19.3 Å². The van der Waals surface area contributed by atoms with Crippen LogP contribution in [0.25, 0.3) is 0 Å². The van der Waals surface area contributed by atoms with Gasteiger partial charge in [0.15, 0.2) is 5.78 Å². The van der Waals surface area contributed by atoms with Crippen molar-refractivity contribution in [3.05, 3.63) is 0 Å². The fourth-order valence-corrected chi connectivity index (χ4v) is 1.24. The van der Waals surface area contributed by atoms with E-state index >= 15 is 0 Å². The zero-order chi connectivity index (χ0) is 9.02. The maximum absolute atomic E-state index is 11.1. The number of ketones is 1. The van der Waals surface area contributed by atoms with Crippen molar-refractivity contribution in [2.45, 2.75) is 40.2 Å². The first-order chi connectivity index (χ1) is 4.95. The number of carbonyl (C=O) groups excluding carboxylic acids is 1. The maximum atomic E-state index is 11.1. The second-order valence-electron chi connectivity index (χ2n) is 3.61. The Balaban J connectivity index is 3.83. The summed E-state index contributed by atoms with van der Waals surface area (Å²) >= 11 is 0. The number of rotatable bonds is 4. The van der Waals surface area contributed by atoms with Crippen molar-refractivity contribution in [3.63, 3.8) is 0 Å². The summed E-state index contributed by atoms with van der Waals surface area (Å²) in [6, 6.07) is 0. The summed E-state index contributed by atoms with van der Waals surface area (Å²) in [4.78, 5) is 11.1. The number of carbonyl (C=O) groups is 1. The molecule has 0 radical (unpaired) electrons. The Kier molecular flexibility index (Phi) is 4.34. The molecular formula is C9H18O2. The highest BCUT2D eigenvalue weighted by Crippen LogP contribution is 2.13. The first-order valence-corrected chi connectivity index (χ1v) is 4.17. The van der Waals surface area contributed by atoms with Crippen LogP contribution in [0.4, 0.5) is 0 Å². The van der Waals surface area contributed by atoms with Gasteiger partial charge in [-0.3, -0.25) is 4.79 Å². The zero-order valence-corrected chi connectivity index (χ0v) is 7.79. The van der Waals surface area contributed by atoms with E-state index in [0.29, 0.717) is 5.92 Å². The summed E-state index contributed by atoms with van der Waals surface area (Å²) in [7, 11) is 0. The van der Waals surface area contributed by atoms with Crippen molar-refractivity contribution in [2.75, 3.05) is 0 Å². The zero-order valence-electron chi connectivity index (χ0n) is 7.79. The minimum absolute atomic E-state index is 0.00463. The van der Waals surface area contributed by atoms with Gasteiger partial charge in [0, 0.05) is 5.92 Å². The number of Topliss-reactive ketones (excluding diaryl/α,β-unsaturated/α-hetero) is 1. The van der Waals surface area contributed by atoms with Crippen LogP contribution in [0.3, 0.4) is 0 Å². The van der Waals surface area contributed by atoms with Gasteiger partial charge in [-0.15, -0.1) is 0 Å². The van der Waals surface area contributed by atoms with Crippen LogP contribution < -0.4 is 0 Å². The fourth-order valence-electron chi connectivity index (χ4n) is 1.24. The van der Waals surface area contributed by atoms with Crippen LogP contribution in [0.2, 0.25) is 0 Å². The molecule has 2 nitrogen and oxygen atoms in total. The summed E-state index contributed by atoms with van der Waals surface area (Å²) in [5, 5.41) is 8.95. The number of aliphatic hydroxyl groups is 1. The topological polar surface area (TPSA) is 37.3 Å². The molecule has 0 rings (SSSR count). The molecule has 0 aromatic heterocycles. The van der Waals surface area contributed by atoms with Crippen LogP contribution in [-0.4, -0.2) is 17.0 Å². The van der Waals surface area contributed by atoms with Crippen molar-refractivity contribution in [2.24, 2.45) is 11.8 Å². The molecule has 2 heteroatoms. The first kappa shape index (κ1) is 10.6. The van der Waals surface area contributed by atoms with Gasteiger partial charge in [0.05, 0.1) is 0 Å². The summed E-state index contributed by atoms with van der Waals surface area (Å²) in [5.41, 5.74) is 0. The van der Waals surface area contributed by atoms with Crippen molar-refractivity contribution >= 4 is 5.78 Å². The van der Waals surface area contributed by atoms with E-state index in [1.807, 2.05) is 6.92 Å². The van der Waals surface area contributed by atoms with Crippen LogP contribution in [0.15, 0.2) is 0 Å². The molecule has 0 aromatic carbocycles. The van der Waals surface area contributed by atoms with Crippen molar-refractivity contribution in [3.8, 4) is 0 Å². The van der Waals surface area contributed by atoms with E-state index < -0.39 is 6.10 Å². The number of aliphatic hydroxyl groups excluding tert-OH is 1. The third-order valence-electron chi connectivity index (χ3n) is 1.72. The minimum atomic E-state index is -0.802. The van der Waals surface area contributed by atoms with Crippen LogP contribution in [0.5, 0.6) is 0 Å². The minimum Gasteiger partial charge on any atom is -0.386 e. The van der Waals surface area contributed by atoms with Crippen molar-refractivity contribution < 1.29 is 9.90 Å². The molecule has 66 valence electrons. The lowest BCUT2D eigenvalue weighted by Crippen LogP contribution is -2.24. The van der Waals surface area contributed by atoms with Crippen LogP contribution in [0, 0.1) is 11.8 Å². The Bertz CT molecular complexity index is 128. The van der Waals surface area contributed by atoms with Gasteiger partial charge in [-0.2, -0.15) is 0 Å². The Hall–Kier alpha value is -0.370. The number of hydrogen-bond donors (Lipinski definition) is 1. The van der Waals surface area contributed by atoms with Gasteiger partial charge in [0.2, 0.25) is 0 Å². The summed E-state index contributed by atoms with van der Waals surface area (Å²) in [5.74, 6) is 0.474. The van der Waals surface area contributed by atoms with E-state index in [1.165, 1.54) is 6.92 Å². The standard InChI is InChI=1S/C9H18O2/c1-6(2)5-7(3)9(11)8(4)10/h6-8,10H,5H2,1-4H3. The largest absolute Gasteiger partial charge is 0.386 e. The molecule has 0 bridgehead atoms. The molecule has 0 aliphatic carbocycles. The molecule has 2 unspecified atom stereocenters. The third kappa shape index (κ3) is 4.14. The lowest BCUT2D eigenvalue weighted by atomic mass is 9.93. The number of hydrogen-bond acceptors (Lipinski definition) is 2. The molecule has 0 spiro atoms. The molecule has 0 aliphatic rings. The molecule has 0 aromatic rings. The van der Waals surface area contributed by atoms with Gasteiger partial charge in [0.1, 0.15) is 6.10 Å². The molecule has 2 atom stereocenters. The average Bonchev–Trinajstić information content (AvgIpc) is 1.84. The molecule has 0 amide bonds. The van der Waals surface area contributed by atoms with E-state index in [0.717, 1.165) is 6.42 Å². The summed E-state index contributed by atoms with van der Waals surface area (Å²) in [6.07, 6.45) is 0.0627. The highest BCUT2D eigenvalue weighted by Gasteiger charge is 2.18. The first-order valence-electron chi connectivity index (χ1n) is 4.17. The Labute approximate surface area is 68.6 Å². The van der Waals surface area contributed by atoms with Crippen LogP contribution in [0.1, 0.15) is 34.1 Å². The maximum Gasteiger partial charge on any atom is 0.163 e. The molecular weight excluding hydrogens is 140 g/mol. The van der Waals surface area contributed by atoms with E-state index in [-0.39, 0.29) is 11.7 Å². The smallest absolute Gasteiger partial charge is 0.163 e. The third-order valence-corrected chi connectivity index (χ3v) is 1.72. The van der Waals surface area contributed by atoms with Crippen molar-refractivity contribution in [1.82, 2.24) is 0 Å². The molecule has 0 heterocycles. The molecule has 0 saturated carbocycles. The monoisotopic (exact) mass is 158 g/mol. The molecule has 0 aliphatic heterocycles. The Morgan fingerprint density at radius 3 is 2.00 bits per heavy atom. The van der Waals surface area contributed by atoms with Crippen LogP contribution in [-0.2, 0) is 4.79 Å². The molecule has 11 heavy (non-hydrogen) atoms. The van der Waals surface area contributed by atoms with Gasteiger partial charge >= 0.3 is 0 Å². The molecule has 0 saturated heterocycles. The lowest BCUT2D eigenvalue weighted by molar-refractivity contribution is -0.130. The second-order valence-corrected chi connectivity index (χ2v) is 3.61. The quantitative estimate of drug-likeness (QED) is 0.675. The van der Waals surface area contributed by atoms with Gasteiger partial charge < -0.3 is 5.11 Å². The average molecular weight is 158 g/mol. The predicted octanol–water partition coefficient (Wildman–Crippen LogP) is 1.62. The van der Waals surface area contributed by atoms with E-state index in [2.05, 4.69) is 13.8 Å². The second kappa shape index (κ2) is 4.50. The van der Waals surface area contributed by atoms with Gasteiger partial charge in [0.25, 0.3) is 0 Å². The summed E-state index contributed by atoms with van der Waals surface area (Å²) in [6.45, 7) is 7.55. The Morgan fingerprint density at radius 2 is 1.73 bits per heavy atom. The van der Waals surface area contributed by atoms with E-state index in [1.54, 1.807) is 0 Å². The van der Waals surface area contributed by atoms with Crippen molar-refractivity contribution in [1.29, 1.82) is 0 Å². The summed E-state index contributed by atoms with van der Waals surface area (Å²) < 4.78 is 0. The highest BCUT2D eigenvalue weighted by atomic mass is 16.3. The van der Waals surface area contributed by atoms with E-state index in [9.17, 15) is 4.79 Å². The highest BCUT2D eigenvalue weighted by molar-refractivity contribution is 5.84. The van der Waals surface area contributed by atoms with E-state index in [4.69, 9.17) is 5.11 Å².